The number of hydrogen-bond donors (Lipinski definition) is 1. The molecule has 1 amide bonds. The summed E-state index contributed by atoms with van der Waals surface area (Å²) < 4.78 is 15.4. The van der Waals surface area contributed by atoms with Crippen molar-refractivity contribution in [3.63, 3.8) is 0 Å². The van der Waals surface area contributed by atoms with E-state index in [2.05, 4.69) is 15.3 Å². The van der Waals surface area contributed by atoms with E-state index in [1.165, 1.54) is 24.4 Å². The van der Waals surface area contributed by atoms with Crippen LogP contribution in [0.25, 0.3) is 0 Å². The molecule has 7 heteroatoms. The number of carbonyl (C=O) groups excluding carboxylic acids is 1. The van der Waals surface area contributed by atoms with Crippen LogP contribution in [0.3, 0.4) is 0 Å². The molecule has 2 aromatic heterocycles. The molecule has 0 aliphatic heterocycles. The largest absolute Gasteiger partial charge is 0.337 e. The molecule has 2 heterocycles. The first kappa shape index (κ1) is 16.1. The van der Waals surface area contributed by atoms with Gasteiger partial charge in [-0.05, 0) is 29.8 Å². The number of benzene rings is 1. The van der Waals surface area contributed by atoms with Crippen LogP contribution in [-0.2, 0) is 7.05 Å². The SMILES string of the molecule is Cn1ccnc1[C@H](NC(=O)c1cc(Cl)ccn1)c1cccc(F)c1. The average molecular weight is 345 g/mol. The summed E-state index contributed by atoms with van der Waals surface area (Å²) in [6.07, 6.45) is 4.83. The van der Waals surface area contributed by atoms with Gasteiger partial charge < -0.3 is 9.88 Å². The van der Waals surface area contributed by atoms with Gasteiger partial charge in [0.2, 0.25) is 0 Å². The van der Waals surface area contributed by atoms with Gasteiger partial charge in [0.1, 0.15) is 23.4 Å². The number of amides is 1. The molecule has 0 saturated heterocycles. The molecule has 3 aromatic rings. The van der Waals surface area contributed by atoms with E-state index in [0.29, 0.717) is 16.4 Å². The third-order valence-corrected chi connectivity index (χ3v) is 3.76. The van der Waals surface area contributed by atoms with E-state index < -0.39 is 11.9 Å². The first-order valence-corrected chi connectivity index (χ1v) is 7.57. The highest BCUT2D eigenvalue weighted by molar-refractivity contribution is 6.30. The molecule has 5 nitrogen and oxygen atoms in total. The minimum absolute atomic E-state index is 0.179. The lowest BCUT2D eigenvalue weighted by Crippen LogP contribution is -2.31. The third-order valence-electron chi connectivity index (χ3n) is 3.53. The fourth-order valence-electron chi connectivity index (χ4n) is 2.37. The molecule has 1 aromatic carbocycles. The van der Waals surface area contributed by atoms with Crippen molar-refractivity contribution >= 4 is 17.5 Å². The topological polar surface area (TPSA) is 59.8 Å². The molecule has 0 bridgehead atoms. The summed E-state index contributed by atoms with van der Waals surface area (Å²) in [4.78, 5) is 20.8. The van der Waals surface area contributed by atoms with E-state index in [1.54, 1.807) is 42.2 Å². The Labute approximate surface area is 143 Å². The zero-order chi connectivity index (χ0) is 17.1. The maximum Gasteiger partial charge on any atom is 0.270 e. The molecule has 0 spiro atoms. The Morgan fingerprint density at radius 2 is 2.08 bits per heavy atom. The Kier molecular flexibility index (Phi) is 4.57. The van der Waals surface area contributed by atoms with Crippen LogP contribution in [-0.4, -0.2) is 20.4 Å². The fourth-order valence-corrected chi connectivity index (χ4v) is 2.53. The van der Waals surface area contributed by atoms with Gasteiger partial charge in [0.25, 0.3) is 5.91 Å². The highest BCUT2D eigenvalue weighted by atomic mass is 35.5. The summed E-state index contributed by atoms with van der Waals surface area (Å²) in [5.74, 6) is -0.229. The van der Waals surface area contributed by atoms with Crippen LogP contribution >= 0.6 is 11.6 Å². The van der Waals surface area contributed by atoms with Crippen molar-refractivity contribution in [2.75, 3.05) is 0 Å². The third kappa shape index (κ3) is 3.44. The number of halogens is 2. The van der Waals surface area contributed by atoms with Gasteiger partial charge in [0, 0.05) is 30.7 Å². The van der Waals surface area contributed by atoms with Gasteiger partial charge >= 0.3 is 0 Å². The van der Waals surface area contributed by atoms with Gasteiger partial charge in [0.15, 0.2) is 0 Å². The summed E-state index contributed by atoms with van der Waals surface area (Å²) in [5, 5.41) is 3.25. The normalized spacial score (nSPS) is 12.0. The Balaban J connectivity index is 1.96. The number of rotatable bonds is 4. The van der Waals surface area contributed by atoms with Crippen LogP contribution in [0.2, 0.25) is 5.02 Å². The average Bonchev–Trinajstić information content (AvgIpc) is 2.98. The maximum absolute atomic E-state index is 13.6. The molecule has 0 saturated carbocycles. The van der Waals surface area contributed by atoms with E-state index in [4.69, 9.17) is 11.6 Å². The summed E-state index contributed by atoms with van der Waals surface area (Å²) in [7, 11) is 1.80. The second kappa shape index (κ2) is 6.80. The van der Waals surface area contributed by atoms with E-state index >= 15 is 0 Å². The number of carbonyl (C=O) groups is 1. The van der Waals surface area contributed by atoms with Crippen molar-refractivity contribution in [2.24, 2.45) is 7.05 Å². The fraction of sp³-hybridized carbons (Fsp3) is 0.118. The zero-order valence-corrected chi connectivity index (χ0v) is 13.5. The smallest absolute Gasteiger partial charge is 0.270 e. The monoisotopic (exact) mass is 344 g/mol. The van der Waals surface area contributed by atoms with Crippen molar-refractivity contribution in [2.45, 2.75) is 6.04 Å². The van der Waals surface area contributed by atoms with Gasteiger partial charge in [-0.2, -0.15) is 0 Å². The minimum atomic E-state index is -0.617. The van der Waals surface area contributed by atoms with Crippen LogP contribution in [0, 0.1) is 5.82 Å². The second-order valence-corrected chi connectivity index (χ2v) is 5.65. The predicted molar refractivity (Wildman–Crippen MR) is 88.2 cm³/mol. The van der Waals surface area contributed by atoms with Crippen LogP contribution in [0.5, 0.6) is 0 Å². The van der Waals surface area contributed by atoms with Crippen molar-refractivity contribution in [1.82, 2.24) is 19.9 Å². The Morgan fingerprint density at radius 1 is 1.25 bits per heavy atom. The highest BCUT2D eigenvalue weighted by Gasteiger charge is 2.22. The number of imidazole rings is 1. The first-order chi connectivity index (χ1) is 11.5. The lowest BCUT2D eigenvalue weighted by molar-refractivity contribution is 0.0936. The van der Waals surface area contributed by atoms with E-state index in [9.17, 15) is 9.18 Å². The van der Waals surface area contributed by atoms with Crippen LogP contribution in [0.1, 0.15) is 27.9 Å². The Bertz CT molecular complexity index is 880. The summed E-state index contributed by atoms with van der Waals surface area (Å²) in [5.41, 5.74) is 0.762. The predicted octanol–water partition coefficient (Wildman–Crippen LogP) is 3.13. The standard InChI is InChI=1S/C17H14ClFN4O/c1-23-8-7-21-16(23)15(11-3-2-4-13(19)9-11)22-17(24)14-10-12(18)5-6-20-14/h2-10,15H,1H3,(H,22,24)/t15-/m1/s1. The van der Waals surface area contributed by atoms with Crippen LogP contribution in [0.4, 0.5) is 4.39 Å². The first-order valence-electron chi connectivity index (χ1n) is 7.19. The van der Waals surface area contributed by atoms with Crippen molar-refractivity contribution in [3.8, 4) is 0 Å². The van der Waals surface area contributed by atoms with Crippen LogP contribution in [0.15, 0.2) is 55.0 Å². The highest BCUT2D eigenvalue weighted by Crippen LogP contribution is 2.22. The van der Waals surface area contributed by atoms with Gasteiger partial charge in [0.05, 0.1) is 0 Å². The molecule has 24 heavy (non-hydrogen) atoms. The lowest BCUT2D eigenvalue weighted by Gasteiger charge is -2.19. The minimum Gasteiger partial charge on any atom is -0.337 e. The molecule has 0 unspecified atom stereocenters. The van der Waals surface area contributed by atoms with E-state index in [1.807, 2.05) is 0 Å². The number of aryl methyl sites for hydroxylation is 1. The van der Waals surface area contributed by atoms with Gasteiger partial charge in [-0.1, -0.05) is 23.7 Å². The number of aromatic nitrogens is 3. The van der Waals surface area contributed by atoms with Gasteiger partial charge in [-0.3, -0.25) is 9.78 Å². The summed E-state index contributed by atoms with van der Waals surface area (Å²) in [6.45, 7) is 0. The molecule has 122 valence electrons. The lowest BCUT2D eigenvalue weighted by atomic mass is 10.1. The molecular weight excluding hydrogens is 331 g/mol. The molecule has 0 aliphatic carbocycles. The molecule has 0 aliphatic rings. The molecule has 0 fully saturated rings. The Morgan fingerprint density at radius 3 is 2.75 bits per heavy atom. The van der Waals surface area contributed by atoms with E-state index in [0.717, 1.165) is 0 Å². The number of hydrogen-bond acceptors (Lipinski definition) is 3. The molecule has 1 atom stereocenters. The summed E-state index contributed by atoms with van der Waals surface area (Å²) >= 11 is 5.90. The summed E-state index contributed by atoms with van der Waals surface area (Å²) in [6, 6.07) is 8.47. The molecule has 1 N–H and O–H groups in total. The second-order valence-electron chi connectivity index (χ2n) is 5.22. The van der Waals surface area contributed by atoms with Crippen LogP contribution < -0.4 is 5.32 Å². The zero-order valence-electron chi connectivity index (χ0n) is 12.8. The van der Waals surface area contributed by atoms with Crippen molar-refractivity contribution < 1.29 is 9.18 Å². The van der Waals surface area contributed by atoms with Gasteiger partial charge in [-0.15, -0.1) is 0 Å². The quantitative estimate of drug-likeness (QED) is 0.791. The van der Waals surface area contributed by atoms with Crippen molar-refractivity contribution in [3.05, 3.63) is 82.9 Å². The molecule has 0 radical (unpaired) electrons. The van der Waals surface area contributed by atoms with Crippen molar-refractivity contribution in [1.29, 1.82) is 0 Å². The number of nitrogens with zero attached hydrogens (tertiary/aromatic N) is 3. The Hall–Kier alpha value is -2.73. The maximum atomic E-state index is 13.6. The van der Waals surface area contributed by atoms with Gasteiger partial charge in [-0.25, -0.2) is 9.37 Å². The van der Waals surface area contributed by atoms with E-state index in [-0.39, 0.29) is 11.5 Å². The number of pyridine rings is 1. The number of nitrogens with one attached hydrogen (secondary N) is 1. The molecule has 3 rings (SSSR count). The molecular formula is C17H14ClFN4O.